The molecule has 0 aliphatic carbocycles. The molecule has 0 radical (unpaired) electrons. The van der Waals surface area contributed by atoms with Crippen LogP contribution < -0.4 is 10.6 Å². The molecule has 1 fully saturated rings. The van der Waals surface area contributed by atoms with Crippen LogP contribution in [0.3, 0.4) is 0 Å². The fourth-order valence-corrected chi connectivity index (χ4v) is 2.73. The molecule has 0 spiro atoms. The molecule has 0 aromatic carbocycles. The number of nitrogen functional groups attached to an aromatic ring is 1. The lowest BCUT2D eigenvalue weighted by Crippen LogP contribution is -2.54. The van der Waals surface area contributed by atoms with Gasteiger partial charge in [0.05, 0.1) is 11.3 Å². The van der Waals surface area contributed by atoms with Crippen LogP contribution in [0.5, 0.6) is 0 Å². The first kappa shape index (κ1) is 15.7. The number of hydrogen-bond donors (Lipinski definition) is 2. The summed E-state index contributed by atoms with van der Waals surface area (Å²) >= 11 is 0. The van der Waals surface area contributed by atoms with E-state index in [4.69, 9.17) is 11.1 Å². The molecule has 21 heavy (non-hydrogen) atoms. The van der Waals surface area contributed by atoms with E-state index in [0.717, 1.165) is 48.8 Å². The zero-order chi connectivity index (χ0) is 15.8. The van der Waals surface area contributed by atoms with Gasteiger partial charge in [0.15, 0.2) is 5.82 Å². The number of aromatic nitrogens is 2. The largest absolute Gasteiger partial charge is 0.384 e. The Labute approximate surface area is 126 Å². The highest BCUT2D eigenvalue weighted by molar-refractivity contribution is 6.01. The van der Waals surface area contributed by atoms with Gasteiger partial charge in [-0.15, -0.1) is 5.10 Å². The van der Waals surface area contributed by atoms with Gasteiger partial charge in [-0.3, -0.25) is 10.3 Å². The van der Waals surface area contributed by atoms with Gasteiger partial charge in [-0.05, 0) is 40.2 Å². The van der Waals surface area contributed by atoms with Gasteiger partial charge in [-0.2, -0.15) is 5.10 Å². The van der Waals surface area contributed by atoms with Gasteiger partial charge in [0.1, 0.15) is 5.84 Å². The third-order valence-electron chi connectivity index (χ3n) is 4.23. The number of nitrogens with zero attached hydrogens (tertiary/aromatic N) is 4. The van der Waals surface area contributed by atoms with E-state index in [0.29, 0.717) is 0 Å². The van der Waals surface area contributed by atoms with E-state index in [1.165, 1.54) is 0 Å². The summed E-state index contributed by atoms with van der Waals surface area (Å²) in [5.74, 6) is 0.818. The molecule has 3 N–H and O–H groups in total. The van der Waals surface area contributed by atoms with Gasteiger partial charge in [0.2, 0.25) is 0 Å². The number of hydrogen-bond acceptors (Lipinski definition) is 5. The molecule has 1 aromatic heterocycles. The number of nitrogens with two attached hydrogens (primary N) is 1. The molecule has 0 bridgehead atoms. The first-order valence-corrected chi connectivity index (χ1v) is 7.40. The van der Waals surface area contributed by atoms with Crippen molar-refractivity contribution in [3.05, 3.63) is 16.8 Å². The summed E-state index contributed by atoms with van der Waals surface area (Å²) in [5, 5.41) is 16.4. The zero-order valence-corrected chi connectivity index (χ0v) is 13.7. The van der Waals surface area contributed by atoms with Gasteiger partial charge in [-0.1, -0.05) is 0 Å². The topological polar surface area (TPSA) is 82.1 Å². The van der Waals surface area contributed by atoms with Crippen LogP contribution in [0.4, 0.5) is 5.82 Å². The molecule has 1 aliphatic rings. The van der Waals surface area contributed by atoms with Crippen LogP contribution in [-0.4, -0.2) is 52.7 Å². The molecule has 0 saturated carbocycles. The maximum Gasteiger partial charge on any atom is 0.162 e. The first-order chi connectivity index (χ1) is 9.71. The van der Waals surface area contributed by atoms with Crippen molar-refractivity contribution < 1.29 is 0 Å². The second-order valence-corrected chi connectivity index (χ2v) is 6.67. The van der Waals surface area contributed by atoms with E-state index in [1.807, 2.05) is 13.8 Å². The highest BCUT2D eigenvalue weighted by Gasteiger charge is 2.28. The van der Waals surface area contributed by atoms with Gasteiger partial charge in [0.25, 0.3) is 0 Å². The minimum absolute atomic E-state index is 0.0683. The van der Waals surface area contributed by atoms with Crippen LogP contribution in [0.2, 0.25) is 0 Å². The Morgan fingerprint density at radius 2 is 1.67 bits per heavy atom. The molecule has 0 unspecified atom stereocenters. The van der Waals surface area contributed by atoms with Crippen molar-refractivity contribution in [3.8, 4) is 0 Å². The standard InChI is InChI=1S/C15H26N6/c1-10-11(2)18-19-14(12(10)13(16)17)20-6-8-21(9-7-20)15(3,4)5/h6-9H2,1-5H3,(H3,16,17). The van der Waals surface area contributed by atoms with Crippen LogP contribution in [0.15, 0.2) is 0 Å². The lowest BCUT2D eigenvalue weighted by atomic mass is 10.0. The molecule has 6 heteroatoms. The summed E-state index contributed by atoms with van der Waals surface area (Å²) in [6, 6.07) is 0. The second-order valence-electron chi connectivity index (χ2n) is 6.67. The fourth-order valence-electron chi connectivity index (χ4n) is 2.73. The van der Waals surface area contributed by atoms with E-state index in [9.17, 15) is 0 Å². The Morgan fingerprint density at radius 1 is 1.10 bits per heavy atom. The maximum atomic E-state index is 7.84. The van der Waals surface area contributed by atoms with Crippen molar-refractivity contribution in [1.82, 2.24) is 15.1 Å². The average molecular weight is 290 g/mol. The lowest BCUT2D eigenvalue weighted by Gasteiger charge is -2.42. The number of nitrogens with one attached hydrogen (secondary N) is 1. The highest BCUT2D eigenvalue weighted by Crippen LogP contribution is 2.24. The summed E-state index contributed by atoms with van der Waals surface area (Å²) in [4.78, 5) is 4.66. The Morgan fingerprint density at radius 3 is 2.14 bits per heavy atom. The Hall–Kier alpha value is -1.69. The van der Waals surface area contributed by atoms with Crippen LogP contribution in [0.25, 0.3) is 0 Å². The fraction of sp³-hybridized carbons (Fsp3) is 0.667. The van der Waals surface area contributed by atoms with Crippen molar-refractivity contribution >= 4 is 11.7 Å². The van der Waals surface area contributed by atoms with Crippen molar-refractivity contribution in [2.75, 3.05) is 31.1 Å². The Bertz CT molecular complexity index is 538. The average Bonchev–Trinajstić information content (AvgIpc) is 2.40. The first-order valence-electron chi connectivity index (χ1n) is 7.40. The molecule has 6 nitrogen and oxygen atoms in total. The van der Waals surface area contributed by atoms with Gasteiger partial charge < -0.3 is 10.6 Å². The van der Waals surface area contributed by atoms with E-state index < -0.39 is 0 Å². The number of rotatable bonds is 2. The summed E-state index contributed by atoms with van der Waals surface area (Å²) in [7, 11) is 0. The van der Waals surface area contributed by atoms with Gasteiger partial charge >= 0.3 is 0 Å². The molecule has 1 aromatic rings. The van der Waals surface area contributed by atoms with Gasteiger partial charge in [0, 0.05) is 31.7 Å². The monoisotopic (exact) mass is 290 g/mol. The molecule has 0 amide bonds. The number of piperazine rings is 1. The third kappa shape index (κ3) is 3.15. The summed E-state index contributed by atoms with van der Waals surface area (Å²) < 4.78 is 0. The summed E-state index contributed by atoms with van der Waals surface area (Å²) in [6.07, 6.45) is 0. The molecular formula is C15H26N6. The highest BCUT2D eigenvalue weighted by atomic mass is 15.3. The molecular weight excluding hydrogens is 264 g/mol. The predicted octanol–water partition coefficient (Wildman–Crippen LogP) is 1.30. The van der Waals surface area contributed by atoms with E-state index in [-0.39, 0.29) is 11.4 Å². The summed E-state index contributed by atoms with van der Waals surface area (Å²) in [6.45, 7) is 14.3. The zero-order valence-electron chi connectivity index (χ0n) is 13.7. The maximum absolute atomic E-state index is 7.84. The van der Waals surface area contributed by atoms with Crippen LogP contribution >= 0.6 is 0 Å². The molecule has 2 heterocycles. The van der Waals surface area contributed by atoms with E-state index in [2.05, 4.69) is 40.8 Å². The van der Waals surface area contributed by atoms with Crippen molar-refractivity contribution in [2.45, 2.75) is 40.2 Å². The number of amidine groups is 1. The van der Waals surface area contributed by atoms with Crippen molar-refractivity contribution in [3.63, 3.8) is 0 Å². The van der Waals surface area contributed by atoms with Crippen molar-refractivity contribution in [1.29, 1.82) is 5.41 Å². The van der Waals surface area contributed by atoms with E-state index >= 15 is 0 Å². The minimum Gasteiger partial charge on any atom is -0.384 e. The molecule has 116 valence electrons. The van der Waals surface area contributed by atoms with E-state index in [1.54, 1.807) is 0 Å². The van der Waals surface area contributed by atoms with Crippen LogP contribution in [0.1, 0.15) is 37.6 Å². The quantitative estimate of drug-likeness (QED) is 0.634. The minimum atomic E-state index is 0.0683. The van der Waals surface area contributed by atoms with Crippen LogP contribution in [-0.2, 0) is 0 Å². The summed E-state index contributed by atoms with van der Waals surface area (Å²) in [5.41, 5.74) is 8.46. The normalized spacial score (nSPS) is 17.1. The predicted molar refractivity (Wildman–Crippen MR) is 86.1 cm³/mol. The molecule has 1 aliphatic heterocycles. The van der Waals surface area contributed by atoms with Crippen molar-refractivity contribution in [2.24, 2.45) is 5.73 Å². The third-order valence-corrected chi connectivity index (χ3v) is 4.23. The van der Waals surface area contributed by atoms with Crippen LogP contribution in [0, 0.1) is 19.3 Å². The Kier molecular flexibility index (Phi) is 4.18. The van der Waals surface area contributed by atoms with Gasteiger partial charge in [-0.25, -0.2) is 0 Å². The SMILES string of the molecule is Cc1nnc(N2CCN(C(C)(C)C)CC2)c(C(=N)N)c1C. The molecule has 2 rings (SSSR count). The molecule has 0 atom stereocenters. The second kappa shape index (κ2) is 5.60. The lowest BCUT2D eigenvalue weighted by molar-refractivity contribution is 0.128. The molecule has 1 saturated heterocycles. The smallest absolute Gasteiger partial charge is 0.162 e. The number of anilines is 1. The Balaban J connectivity index is 2.25. The number of aryl methyl sites for hydroxylation is 1.